The van der Waals surface area contributed by atoms with Crippen LogP contribution in [0.1, 0.15) is 37.3 Å². The lowest BCUT2D eigenvalue weighted by Gasteiger charge is -2.05. The molecule has 0 fully saturated rings. The van der Waals surface area contributed by atoms with Crippen LogP contribution in [0, 0.1) is 23.2 Å². The highest BCUT2D eigenvalue weighted by Crippen LogP contribution is 2.10. The van der Waals surface area contributed by atoms with Gasteiger partial charge in [-0.05, 0) is 37.1 Å². The van der Waals surface area contributed by atoms with Crippen molar-refractivity contribution < 1.29 is 5.11 Å². The van der Waals surface area contributed by atoms with Crippen LogP contribution in [-0.4, -0.2) is 11.2 Å². The topological polar surface area (TPSA) is 44.0 Å². The molecule has 1 aromatic rings. The zero-order valence-corrected chi connectivity index (χ0v) is 11.1. The Kier molecular flexibility index (Phi) is 6.20. The van der Waals surface area contributed by atoms with Crippen molar-refractivity contribution >= 4 is 0 Å². The van der Waals surface area contributed by atoms with Gasteiger partial charge < -0.3 is 5.11 Å². The third-order valence-corrected chi connectivity index (χ3v) is 2.72. The van der Waals surface area contributed by atoms with Crippen LogP contribution in [0.5, 0.6) is 0 Å². The maximum absolute atomic E-state index is 9.93. The average molecular weight is 251 g/mol. The number of nitrogens with zero attached hydrogens (tertiary/aromatic N) is 1. The molecule has 0 radical (unpaired) electrons. The lowest BCUT2D eigenvalue weighted by Crippen LogP contribution is -2.06. The summed E-state index contributed by atoms with van der Waals surface area (Å²) < 4.78 is 0. The molecule has 0 heterocycles. The van der Waals surface area contributed by atoms with Crippen LogP contribution in [0.4, 0.5) is 0 Å². The van der Waals surface area contributed by atoms with Crippen LogP contribution in [0.2, 0.25) is 0 Å². The van der Waals surface area contributed by atoms with Gasteiger partial charge in [0.25, 0.3) is 0 Å². The fraction of sp³-hybridized carbons (Fsp3) is 0.294. The first kappa shape index (κ1) is 14.8. The van der Waals surface area contributed by atoms with Crippen molar-refractivity contribution in [1.29, 1.82) is 5.26 Å². The van der Waals surface area contributed by atoms with E-state index in [2.05, 4.69) is 31.1 Å². The SMILES string of the molecule is C=C=C(CCCC)[C@@H](O)C#Cc1ccc(C#N)cc1. The van der Waals surface area contributed by atoms with Gasteiger partial charge >= 0.3 is 0 Å². The van der Waals surface area contributed by atoms with Crippen LogP contribution in [0.3, 0.4) is 0 Å². The van der Waals surface area contributed by atoms with E-state index in [1.807, 2.05) is 6.07 Å². The molecule has 2 nitrogen and oxygen atoms in total. The summed E-state index contributed by atoms with van der Waals surface area (Å²) in [6.07, 6.45) is 2.00. The summed E-state index contributed by atoms with van der Waals surface area (Å²) in [5.74, 6) is 5.67. The molecule has 2 heteroatoms. The second-order valence-electron chi connectivity index (χ2n) is 4.17. The molecule has 1 rings (SSSR count). The van der Waals surface area contributed by atoms with Crippen LogP contribution in [0.25, 0.3) is 0 Å². The van der Waals surface area contributed by atoms with E-state index >= 15 is 0 Å². The summed E-state index contributed by atoms with van der Waals surface area (Å²) in [4.78, 5) is 0. The number of hydrogen-bond donors (Lipinski definition) is 1. The van der Waals surface area contributed by atoms with E-state index in [-0.39, 0.29) is 0 Å². The molecule has 0 bridgehead atoms. The molecule has 96 valence electrons. The van der Waals surface area contributed by atoms with Crippen LogP contribution < -0.4 is 0 Å². The van der Waals surface area contributed by atoms with Gasteiger partial charge in [-0.2, -0.15) is 5.26 Å². The summed E-state index contributed by atoms with van der Waals surface area (Å²) >= 11 is 0. The highest BCUT2D eigenvalue weighted by molar-refractivity contribution is 5.41. The van der Waals surface area contributed by atoms with Gasteiger partial charge in [-0.15, -0.1) is 5.73 Å². The van der Waals surface area contributed by atoms with Gasteiger partial charge in [0.2, 0.25) is 0 Å². The first-order valence-electron chi connectivity index (χ1n) is 6.29. The zero-order chi connectivity index (χ0) is 14.1. The Labute approximate surface area is 114 Å². The molecule has 0 aliphatic rings. The Hall–Kier alpha value is -2.25. The minimum Gasteiger partial charge on any atom is -0.376 e. The molecule has 0 aliphatic heterocycles. The molecule has 1 aromatic carbocycles. The Morgan fingerprint density at radius 1 is 1.32 bits per heavy atom. The fourth-order valence-corrected chi connectivity index (χ4v) is 1.56. The van der Waals surface area contributed by atoms with Crippen LogP contribution in [-0.2, 0) is 0 Å². The Balaban J connectivity index is 2.75. The number of benzene rings is 1. The zero-order valence-electron chi connectivity index (χ0n) is 11.1. The second-order valence-corrected chi connectivity index (χ2v) is 4.17. The van der Waals surface area contributed by atoms with Crippen LogP contribution >= 0.6 is 0 Å². The second kappa shape index (κ2) is 7.96. The van der Waals surface area contributed by atoms with Gasteiger partial charge in [-0.1, -0.05) is 31.8 Å². The maximum atomic E-state index is 9.93. The number of unbranched alkanes of at least 4 members (excludes halogenated alkanes) is 1. The first-order valence-corrected chi connectivity index (χ1v) is 6.29. The van der Waals surface area contributed by atoms with Gasteiger partial charge in [0.1, 0.15) is 6.10 Å². The van der Waals surface area contributed by atoms with Crippen molar-refractivity contribution in [2.45, 2.75) is 32.3 Å². The standard InChI is InChI=1S/C17H17NO/c1-3-5-6-16(4-2)17(19)12-11-14-7-9-15(13-18)10-8-14/h7-10,17,19H,2-3,5-6H2,1H3/t17-/m0/s1. The minimum absolute atomic E-state index is 0.598. The molecular formula is C17H17NO. The summed E-state index contributed by atoms with van der Waals surface area (Å²) in [5.41, 5.74) is 4.87. The molecule has 1 N–H and O–H groups in total. The maximum Gasteiger partial charge on any atom is 0.143 e. The van der Waals surface area contributed by atoms with E-state index in [0.717, 1.165) is 30.4 Å². The third kappa shape index (κ3) is 4.86. The van der Waals surface area contributed by atoms with Crippen molar-refractivity contribution in [1.82, 2.24) is 0 Å². The predicted molar refractivity (Wildman–Crippen MR) is 76.2 cm³/mol. The summed E-state index contributed by atoms with van der Waals surface area (Å²) in [7, 11) is 0. The van der Waals surface area contributed by atoms with E-state index in [4.69, 9.17) is 5.26 Å². The number of hydrogen-bond acceptors (Lipinski definition) is 2. The number of nitriles is 1. The Morgan fingerprint density at radius 3 is 2.47 bits per heavy atom. The third-order valence-electron chi connectivity index (χ3n) is 2.72. The number of rotatable bonds is 4. The van der Waals surface area contributed by atoms with E-state index in [1.165, 1.54) is 0 Å². The van der Waals surface area contributed by atoms with Gasteiger partial charge in [0, 0.05) is 11.1 Å². The average Bonchev–Trinajstić information content (AvgIpc) is 2.46. The fourth-order valence-electron chi connectivity index (χ4n) is 1.56. The smallest absolute Gasteiger partial charge is 0.143 e. The van der Waals surface area contributed by atoms with Crippen molar-refractivity contribution in [2.75, 3.05) is 0 Å². The molecule has 0 saturated heterocycles. The molecule has 0 aromatic heterocycles. The van der Waals surface area contributed by atoms with Crippen LogP contribution in [0.15, 0.2) is 42.1 Å². The number of aliphatic hydroxyl groups is 1. The van der Waals surface area contributed by atoms with Gasteiger partial charge in [-0.3, -0.25) is 0 Å². The summed E-state index contributed by atoms with van der Waals surface area (Å²) in [5, 5.41) is 18.6. The molecule has 0 unspecified atom stereocenters. The highest BCUT2D eigenvalue weighted by Gasteiger charge is 2.05. The van der Waals surface area contributed by atoms with Crippen molar-refractivity contribution in [3.05, 3.63) is 53.3 Å². The van der Waals surface area contributed by atoms with E-state index in [0.29, 0.717) is 5.56 Å². The van der Waals surface area contributed by atoms with Gasteiger partial charge in [0.15, 0.2) is 0 Å². The molecular weight excluding hydrogens is 234 g/mol. The molecule has 1 atom stereocenters. The Morgan fingerprint density at radius 2 is 1.95 bits per heavy atom. The predicted octanol–water partition coefficient (Wildman–Crippen LogP) is 3.17. The van der Waals surface area contributed by atoms with Gasteiger partial charge in [0.05, 0.1) is 11.6 Å². The van der Waals surface area contributed by atoms with E-state index < -0.39 is 6.10 Å². The largest absolute Gasteiger partial charge is 0.376 e. The van der Waals surface area contributed by atoms with Crippen molar-refractivity contribution in [3.8, 4) is 17.9 Å². The van der Waals surface area contributed by atoms with Gasteiger partial charge in [-0.25, -0.2) is 0 Å². The normalized spacial score (nSPS) is 10.6. The summed E-state index contributed by atoms with van der Waals surface area (Å²) in [6, 6.07) is 8.99. The first-order chi connectivity index (χ1) is 9.21. The minimum atomic E-state index is -0.820. The van der Waals surface area contributed by atoms with E-state index in [9.17, 15) is 5.11 Å². The highest BCUT2D eigenvalue weighted by atomic mass is 16.3. The van der Waals surface area contributed by atoms with E-state index in [1.54, 1.807) is 24.3 Å². The molecule has 0 aliphatic carbocycles. The summed E-state index contributed by atoms with van der Waals surface area (Å²) in [6.45, 7) is 5.68. The monoisotopic (exact) mass is 251 g/mol. The molecule has 0 amide bonds. The molecule has 0 saturated carbocycles. The lowest BCUT2D eigenvalue weighted by molar-refractivity contribution is 0.263. The quantitative estimate of drug-likeness (QED) is 0.660. The lowest BCUT2D eigenvalue weighted by atomic mass is 10.0. The Bertz CT molecular complexity index is 560. The molecule has 0 spiro atoms. The molecule has 19 heavy (non-hydrogen) atoms. The van der Waals surface area contributed by atoms with Crippen molar-refractivity contribution in [2.24, 2.45) is 0 Å². The van der Waals surface area contributed by atoms with Crippen molar-refractivity contribution in [3.63, 3.8) is 0 Å². The number of aliphatic hydroxyl groups excluding tert-OH is 1.